The predicted octanol–water partition coefficient (Wildman–Crippen LogP) is 4.64. The van der Waals surface area contributed by atoms with Crippen molar-refractivity contribution < 1.29 is 0 Å². The fraction of sp³-hybridized carbons (Fsp3) is 0.625. The molecule has 1 aromatic rings. The van der Waals surface area contributed by atoms with Gasteiger partial charge in [-0.15, -0.1) is 0 Å². The van der Waals surface area contributed by atoms with Crippen LogP contribution < -0.4 is 10.2 Å². The summed E-state index contributed by atoms with van der Waals surface area (Å²) in [6, 6.07) is 6.79. The highest BCUT2D eigenvalue weighted by Crippen LogP contribution is 2.29. The Hall–Kier alpha value is -0.730. The highest BCUT2D eigenvalue weighted by atomic mass is 35.5. The Kier molecular flexibility index (Phi) is 7.25. The van der Waals surface area contributed by atoms with Gasteiger partial charge in [0, 0.05) is 19.1 Å². The average molecular weight is 283 g/mol. The third-order valence-corrected chi connectivity index (χ3v) is 3.79. The molecule has 2 nitrogen and oxygen atoms in total. The van der Waals surface area contributed by atoms with E-state index >= 15 is 0 Å². The molecule has 1 atom stereocenters. The number of unbranched alkanes of at least 4 members (excludes halogenated alkanes) is 1. The van der Waals surface area contributed by atoms with E-state index in [-0.39, 0.29) is 0 Å². The molecule has 0 aliphatic carbocycles. The topological polar surface area (TPSA) is 15.3 Å². The first kappa shape index (κ1) is 16.3. The van der Waals surface area contributed by atoms with Crippen LogP contribution in [-0.4, -0.2) is 19.6 Å². The van der Waals surface area contributed by atoms with Crippen molar-refractivity contribution in [1.29, 1.82) is 0 Å². The van der Waals surface area contributed by atoms with E-state index in [9.17, 15) is 0 Å². The second-order valence-corrected chi connectivity index (χ2v) is 5.33. The number of hydrogen-bond acceptors (Lipinski definition) is 2. The van der Waals surface area contributed by atoms with Crippen molar-refractivity contribution >= 4 is 17.3 Å². The molecule has 1 rings (SSSR count). The Bertz CT molecular complexity index is 379. The summed E-state index contributed by atoms with van der Waals surface area (Å²) in [7, 11) is 0. The Morgan fingerprint density at radius 1 is 1.26 bits per heavy atom. The van der Waals surface area contributed by atoms with Gasteiger partial charge in [-0.2, -0.15) is 0 Å². The molecule has 108 valence electrons. The van der Waals surface area contributed by atoms with Crippen LogP contribution >= 0.6 is 11.6 Å². The SMILES string of the molecule is CCCCN(CC)c1ccc(C(C)NCC)cc1Cl. The van der Waals surface area contributed by atoms with Gasteiger partial charge in [-0.05, 0) is 44.5 Å². The van der Waals surface area contributed by atoms with Crippen LogP contribution in [0.5, 0.6) is 0 Å². The number of hydrogen-bond donors (Lipinski definition) is 1. The van der Waals surface area contributed by atoms with Crippen molar-refractivity contribution in [3.63, 3.8) is 0 Å². The van der Waals surface area contributed by atoms with Crippen molar-refractivity contribution in [2.45, 2.75) is 46.6 Å². The molecule has 0 bridgehead atoms. The van der Waals surface area contributed by atoms with Crippen LogP contribution in [0.1, 0.15) is 52.1 Å². The van der Waals surface area contributed by atoms with E-state index in [2.05, 4.69) is 56.1 Å². The maximum Gasteiger partial charge on any atom is 0.0642 e. The first-order valence-electron chi connectivity index (χ1n) is 7.41. The Morgan fingerprint density at radius 3 is 2.53 bits per heavy atom. The molecule has 3 heteroatoms. The van der Waals surface area contributed by atoms with Gasteiger partial charge in [-0.1, -0.05) is 37.9 Å². The zero-order chi connectivity index (χ0) is 14.3. The molecule has 0 amide bonds. The molecule has 0 aliphatic rings. The van der Waals surface area contributed by atoms with Crippen LogP contribution in [0.15, 0.2) is 18.2 Å². The van der Waals surface area contributed by atoms with Gasteiger partial charge in [0.2, 0.25) is 0 Å². The fourth-order valence-corrected chi connectivity index (χ4v) is 2.58. The molecule has 0 fully saturated rings. The van der Waals surface area contributed by atoms with Gasteiger partial charge < -0.3 is 10.2 Å². The van der Waals surface area contributed by atoms with Gasteiger partial charge in [0.25, 0.3) is 0 Å². The Morgan fingerprint density at radius 2 is 2.00 bits per heavy atom. The highest BCUT2D eigenvalue weighted by molar-refractivity contribution is 6.33. The zero-order valence-electron chi connectivity index (χ0n) is 12.7. The lowest BCUT2D eigenvalue weighted by Gasteiger charge is -2.25. The summed E-state index contributed by atoms with van der Waals surface area (Å²) >= 11 is 6.46. The smallest absolute Gasteiger partial charge is 0.0642 e. The molecule has 0 saturated carbocycles. The fourth-order valence-electron chi connectivity index (χ4n) is 2.27. The van der Waals surface area contributed by atoms with Crippen molar-refractivity contribution in [2.75, 3.05) is 24.5 Å². The molecule has 0 aromatic heterocycles. The highest BCUT2D eigenvalue weighted by Gasteiger charge is 2.11. The van der Waals surface area contributed by atoms with Crippen molar-refractivity contribution in [2.24, 2.45) is 0 Å². The minimum absolute atomic E-state index is 0.349. The molecule has 1 N–H and O–H groups in total. The summed E-state index contributed by atoms with van der Waals surface area (Å²) in [4.78, 5) is 2.35. The first-order valence-corrected chi connectivity index (χ1v) is 7.79. The molecule has 0 aliphatic heterocycles. The summed E-state index contributed by atoms with van der Waals surface area (Å²) in [5, 5.41) is 4.28. The lowest BCUT2D eigenvalue weighted by molar-refractivity contribution is 0.598. The van der Waals surface area contributed by atoms with Crippen LogP contribution in [0.3, 0.4) is 0 Å². The summed E-state index contributed by atoms with van der Waals surface area (Å²) < 4.78 is 0. The van der Waals surface area contributed by atoms with E-state index in [1.165, 1.54) is 18.4 Å². The number of nitrogens with zero attached hydrogens (tertiary/aromatic N) is 1. The second-order valence-electron chi connectivity index (χ2n) is 4.92. The van der Waals surface area contributed by atoms with Crippen molar-refractivity contribution in [3.8, 4) is 0 Å². The number of nitrogens with one attached hydrogen (secondary N) is 1. The van der Waals surface area contributed by atoms with Crippen LogP contribution in [-0.2, 0) is 0 Å². The normalized spacial score (nSPS) is 12.5. The molecule has 1 aromatic carbocycles. The Balaban J connectivity index is 2.85. The van der Waals surface area contributed by atoms with E-state index in [0.29, 0.717) is 6.04 Å². The van der Waals surface area contributed by atoms with Gasteiger partial charge in [0.1, 0.15) is 0 Å². The van der Waals surface area contributed by atoms with Crippen LogP contribution in [0, 0.1) is 0 Å². The van der Waals surface area contributed by atoms with Gasteiger partial charge in [0.05, 0.1) is 10.7 Å². The van der Waals surface area contributed by atoms with Gasteiger partial charge >= 0.3 is 0 Å². The maximum atomic E-state index is 6.46. The largest absolute Gasteiger partial charge is 0.371 e. The molecule has 0 heterocycles. The average Bonchev–Trinajstić information content (AvgIpc) is 2.41. The predicted molar refractivity (Wildman–Crippen MR) is 86.3 cm³/mol. The van der Waals surface area contributed by atoms with Crippen molar-refractivity contribution in [3.05, 3.63) is 28.8 Å². The molecule has 1 unspecified atom stereocenters. The number of anilines is 1. The minimum Gasteiger partial charge on any atom is -0.371 e. The quantitative estimate of drug-likeness (QED) is 0.747. The van der Waals surface area contributed by atoms with Crippen LogP contribution in [0.4, 0.5) is 5.69 Å². The zero-order valence-corrected chi connectivity index (χ0v) is 13.4. The van der Waals surface area contributed by atoms with Crippen LogP contribution in [0.25, 0.3) is 0 Å². The summed E-state index contributed by atoms with van der Waals surface area (Å²) in [5.41, 5.74) is 2.41. The molecule has 0 saturated heterocycles. The summed E-state index contributed by atoms with van der Waals surface area (Å²) in [6.45, 7) is 11.7. The van der Waals surface area contributed by atoms with E-state index < -0.39 is 0 Å². The van der Waals surface area contributed by atoms with Gasteiger partial charge in [-0.25, -0.2) is 0 Å². The van der Waals surface area contributed by atoms with Gasteiger partial charge in [0.15, 0.2) is 0 Å². The minimum atomic E-state index is 0.349. The third kappa shape index (κ3) is 4.70. The molecule has 0 radical (unpaired) electrons. The Labute approximate surface area is 123 Å². The first-order chi connectivity index (χ1) is 9.13. The monoisotopic (exact) mass is 282 g/mol. The van der Waals surface area contributed by atoms with Crippen molar-refractivity contribution in [1.82, 2.24) is 5.32 Å². The molecule has 19 heavy (non-hydrogen) atoms. The van der Waals surface area contributed by atoms with E-state index in [4.69, 9.17) is 11.6 Å². The molecule has 0 spiro atoms. The molecular formula is C16H27ClN2. The second kappa shape index (κ2) is 8.44. The summed E-state index contributed by atoms with van der Waals surface area (Å²) in [5.74, 6) is 0. The summed E-state index contributed by atoms with van der Waals surface area (Å²) in [6.07, 6.45) is 2.42. The number of rotatable bonds is 8. The van der Waals surface area contributed by atoms with E-state index in [1.54, 1.807) is 0 Å². The van der Waals surface area contributed by atoms with E-state index in [1.807, 2.05) is 0 Å². The number of halogens is 1. The van der Waals surface area contributed by atoms with Crippen LogP contribution in [0.2, 0.25) is 5.02 Å². The third-order valence-electron chi connectivity index (χ3n) is 3.49. The number of benzene rings is 1. The lowest BCUT2D eigenvalue weighted by atomic mass is 10.1. The van der Waals surface area contributed by atoms with E-state index in [0.717, 1.165) is 30.3 Å². The van der Waals surface area contributed by atoms with Gasteiger partial charge in [-0.3, -0.25) is 0 Å². The maximum absolute atomic E-state index is 6.46. The molecular weight excluding hydrogens is 256 g/mol. The standard InChI is InChI=1S/C16H27ClN2/c1-5-8-11-19(7-3)16-10-9-14(12-15(16)17)13(4)18-6-2/h9-10,12-13,18H,5-8,11H2,1-4H3. The lowest BCUT2D eigenvalue weighted by Crippen LogP contribution is -2.24.